The predicted octanol–water partition coefficient (Wildman–Crippen LogP) is 2.23. The van der Waals surface area contributed by atoms with E-state index in [1.807, 2.05) is 32.8 Å². The Hall–Kier alpha value is -1.20. The Morgan fingerprint density at radius 2 is 1.74 bits per heavy atom. The fraction of sp³-hybridized carbons (Fsp3) is 0.571. The average Bonchev–Trinajstić information content (AvgIpc) is 2.32. The molecule has 0 saturated heterocycles. The quantitative estimate of drug-likeness (QED) is 0.860. The van der Waals surface area contributed by atoms with Gasteiger partial charge in [-0.2, -0.15) is 0 Å². The molecule has 0 spiro atoms. The van der Waals surface area contributed by atoms with Crippen LogP contribution < -0.4 is 4.90 Å². The predicted molar refractivity (Wildman–Crippen MR) is 73.3 cm³/mol. The van der Waals surface area contributed by atoms with E-state index in [9.17, 15) is 8.78 Å². The smallest absolute Gasteiger partial charge is 0.149 e. The molecule has 0 aliphatic heterocycles. The van der Waals surface area contributed by atoms with Crippen LogP contribution in [0.2, 0.25) is 0 Å². The summed E-state index contributed by atoms with van der Waals surface area (Å²) in [5.74, 6) is -1.26. The zero-order valence-electron chi connectivity index (χ0n) is 12.0. The number of anilines is 1. The van der Waals surface area contributed by atoms with Crippen LogP contribution in [-0.2, 0) is 6.61 Å². The van der Waals surface area contributed by atoms with Crippen molar-refractivity contribution in [2.24, 2.45) is 0 Å². The Balaban J connectivity index is 3.11. The minimum Gasteiger partial charge on any atom is -0.392 e. The van der Waals surface area contributed by atoms with Crippen molar-refractivity contribution in [1.82, 2.24) is 4.90 Å². The maximum atomic E-state index is 14.0. The summed E-state index contributed by atoms with van der Waals surface area (Å²) in [5.41, 5.74) is 0.226. The van der Waals surface area contributed by atoms with Crippen LogP contribution in [0.3, 0.4) is 0 Å². The molecule has 0 aromatic heterocycles. The van der Waals surface area contributed by atoms with E-state index in [0.717, 1.165) is 0 Å². The van der Waals surface area contributed by atoms with Crippen LogP contribution in [0, 0.1) is 11.6 Å². The van der Waals surface area contributed by atoms with Crippen LogP contribution in [0.1, 0.15) is 19.4 Å². The van der Waals surface area contributed by atoms with Gasteiger partial charge < -0.3 is 14.9 Å². The van der Waals surface area contributed by atoms with Crippen molar-refractivity contribution in [2.45, 2.75) is 26.5 Å². The third-order valence-electron chi connectivity index (χ3n) is 3.05. The first-order valence-electron chi connectivity index (χ1n) is 6.40. The summed E-state index contributed by atoms with van der Waals surface area (Å²) in [6.07, 6.45) is 0. The van der Waals surface area contributed by atoms with Gasteiger partial charge in [0.25, 0.3) is 0 Å². The fourth-order valence-corrected chi connectivity index (χ4v) is 2.30. The standard InChI is InChI=1S/C14H22F2N2O/c1-5-18(10(2)8-17(3)4)14-12(15)6-11(9-19)7-13(14)16/h6-7,10,19H,5,8-9H2,1-4H3. The number of hydrogen-bond acceptors (Lipinski definition) is 3. The van der Waals surface area contributed by atoms with Gasteiger partial charge in [-0.15, -0.1) is 0 Å². The van der Waals surface area contributed by atoms with Gasteiger partial charge >= 0.3 is 0 Å². The summed E-state index contributed by atoms with van der Waals surface area (Å²) in [4.78, 5) is 3.68. The normalized spacial score (nSPS) is 12.8. The zero-order chi connectivity index (χ0) is 14.6. The molecule has 1 aromatic carbocycles. The molecule has 1 unspecified atom stereocenters. The van der Waals surface area contributed by atoms with Gasteiger partial charge in [0.15, 0.2) is 0 Å². The molecule has 1 rings (SSSR count). The molecule has 0 aliphatic rings. The number of halogens is 2. The Labute approximate surface area is 113 Å². The Kier molecular flexibility index (Phi) is 5.69. The summed E-state index contributed by atoms with van der Waals surface area (Å²) >= 11 is 0. The first-order chi connectivity index (χ1) is 8.90. The molecular formula is C14H22F2N2O. The molecule has 0 fully saturated rings. The van der Waals surface area contributed by atoms with Crippen LogP contribution >= 0.6 is 0 Å². The van der Waals surface area contributed by atoms with Crippen molar-refractivity contribution >= 4 is 5.69 Å². The van der Waals surface area contributed by atoms with Gasteiger partial charge in [-0.3, -0.25) is 0 Å². The lowest BCUT2D eigenvalue weighted by molar-refractivity contribution is 0.280. The van der Waals surface area contributed by atoms with Crippen molar-refractivity contribution in [3.8, 4) is 0 Å². The maximum Gasteiger partial charge on any atom is 0.149 e. The molecule has 1 atom stereocenters. The summed E-state index contributed by atoms with van der Waals surface area (Å²) in [7, 11) is 3.85. The van der Waals surface area contributed by atoms with E-state index in [1.165, 1.54) is 12.1 Å². The minimum absolute atomic E-state index is 0.0102. The highest BCUT2D eigenvalue weighted by molar-refractivity contribution is 5.51. The molecule has 0 bridgehead atoms. The monoisotopic (exact) mass is 272 g/mol. The second kappa shape index (κ2) is 6.82. The van der Waals surface area contributed by atoms with Gasteiger partial charge in [0.2, 0.25) is 0 Å². The molecule has 0 heterocycles. The second-order valence-electron chi connectivity index (χ2n) is 4.96. The van der Waals surface area contributed by atoms with Crippen LogP contribution in [0.5, 0.6) is 0 Å². The van der Waals surface area contributed by atoms with Crippen LogP contribution in [0.25, 0.3) is 0 Å². The molecular weight excluding hydrogens is 250 g/mol. The van der Waals surface area contributed by atoms with Crippen molar-refractivity contribution in [2.75, 3.05) is 32.1 Å². The Morgan fingerprint density at radius 3 is 2.11 bits per heavy atom. The molecule has 19 heavy (non-hydrogen) atoms. The van der Waals surface area contributed by atoms with E-state index in [4.69, 9.17) is 5.11 Å². The zero-order valence-corrected chi connectivity index (χ0v) is 12.0. The summed E-state index contributed by atoms with van der Waals surface area (Å²) in [6, 6.07) is 2.36. The molecule has 0 amide bonds. The number of likely N-dealkylation sites (N-methyl/N-ethyl adjacent to an activating group) is 2. The van der Waals surface area contributed by atoms with E-state index in [2.05, 4.69) is 0 Å². The number of aliphatic hydroxyl groups is 1. The number of nitrogens with zero attached hydrogens (tertiary/aromatic N) is 2. The topological polar surface area (TPSA) is 26.7 Å². The van der Waals surface area contributed by atoms with E-state index in [0.29, 0.717) is 13.1 Å². The SMILES string of the molecule is CCN(c1c(F)cc(CO)cc1F)C(C)CN(C)C. The first-order valence-corrected chi connectivity index (χ1v) is 6.40. The summed E-state index contributed by atoms with van der Waals surface area (Å²) in [5, 5.41) is 8.95. The number of aliphatic hydroxyl groups excluding tert-OH is 1. The van der Waals surface area contributed by atoms with E-state index in [-0.39, 0.29) is 23.9 Å². The van der Waals surface area contributed by atoms with Gasteiger partial charge in [0.05, 0.1) is 6.61 Å². The molecule has 3 nitrogen and oxygen atoms in total. The van der Waals surface area contributed by atoms with Crippen molar-refractivity contribution in [3.05, 3.63) is 29.3 Å². The van der Waals surface area contributed by atoms with Gasteiger partial charge in [0, 0.05) is 19.1 Å². The highest BCUT2D eigenvalue weighted by atomic mass is 19.1. The van der Waals surface area contributed by atoms with Crippen LogP contribution in [0.4, 0.5) is 14.5 Å². The van der Waals surface area contributed by atoms with E-state index < -0.39 is 11.6 Å². The summed E-state index contributed by atoms with van der Waals surface area (Å²) in [6.45, 7) is 4.65. The number of benzene rings is 1. The lowest BCUT2D eigenvalue weighted by Crippen LogP contribution is -2.41. The molecule has 108 valence electrons. The largest absolute Gasteiger partial charge is 0.392 e. The van der Waals surface area contributed by atoms with E-state index >= 15 is 0 Å². The first kappa shape index (κ1) is 15.9. The highest BCUT2D eigenvalue weighted by Crippen LogP contribution is 2.26. The van der Waals surface area contributed by atoms with Crippen LogP contribution in [-0.4, -0.2) is 43.2 Å². The average molecular weight is 272 g/mol. The minimum atomic E-state index is -0.628. The second-order valence-corrected chi connectivity index (χ2v) is 4.96. The van der Waals surface area contributed by atoms with Crippen molar-refractivity contribution in [3.63, 3.8) is 0 Å². The van der Waals surface area contributed by atoms with Crippen molar-refractivity contribution in [1.29, 1.82) is 0 Å². The van der Waals surface area contributed by atoms with Gasteiger partial charge in [-0.05, 0) is 45.6 Å². The molecule has 0 radical (unpaired) electrons. The Bertz CT molecular complexity index is 401. The van der Waals surface area contributed by atoms with Crippen LogP contribution in [0.15, 0.2) is 12.1 Å². The number of hydrogen-bond donors (Lipinski definition) is 1. The Morgan fingerprint density at radius 1 is 1.21 bits per heavy atom. The highest BCUT2D eigenvalue weighted by Gasteiger charge is 2.21. The fourth-order valence-electron chi connectivity index (χ4n) is 2.30. The molecule has 0 saturated carbocycles. The third kappa shape index (κ3) is 3.88. The van der Waals surface area contributed by atoms with Gasteiger partial charge in [-0.25, -0.2) is 8.78 Å². The lowest BCUT2D eigenvalue weighted by atomic mass is 10.1. The lowest BCUT2D eigenvalue weighted by Gasteiger charge is -2.32. The molecule has 0 aliphatic carbocycles. The van der Waals surface area contributed by atoms with Crippen molar-refractivity contribution < 1.29 is 13.9 Å². The van der Waals surface area contributed by atoms with Gasteiger partial charge in [0.1, 0.15) is 17.3 Å². The van der Waals surface area contributed by atoms with E-state index in [1.54, 1.807) is 4.90 Å². The summed E-state index contributed by atoms with van der Waals surface area (Å²) < 4.78 is 28.1. The third-order valence-corrected chi connectivity index (χ3v) is 3.05. The molecule has 1 aromatic rings. The van der Waals surface area contributed by atoms with Gasteiger partial charge in [-0.1, -0.05) is 0 Å². The molecule has 1 N–H and O–H groups in total. The number of rotatable bonds is 6. The maximum absolute atomic E-state index is 14.0. The molecule has 5 heteroatoms.